The third kappa shape index (κ3) is 4.27. The molecule has 1 aliphatic rings. The highest BCUT2D eigenvalue weighted by Crippen LogP contribution is 2.36. The van der Waals surface area contributed by atoms with E-state index in [1.165, 1.54) is 0 Å². The molecule has 1 N–H and O–H groups in total. The molecule has 1 saturated carbocycles. The van der Waals surface area contributed by atoms with E-state index < -0.39 is 0 Å². The molecule has 8 heteroatoms. The Morgan fingerprint density at radius 2 is 2.03 bits per heavy atom. The molecule has 4 aromatic rings. The van der Waals surface area contributed by atoms with Crippen LogP contribution in [0.15, 0.2) is 48.9 Å². The highest BCUT2D eigenvalue weighted by molar-refractivity contribution is 5.93. The van der Waals surface area contributed by atoms with Gasteiger partial charge in [-0.05, 0) is 50.8 Å². The molecule has 0 unspecified atom stereocenters. The van der Waals surface area contributed by atoms with Crippen LogP contribution in [0.5, 0.6) is 5.75 Å². The van der Waals surface area contributed by atoms with Gasteiger partial charge >= 0.3 is 0 Å². The minimum absolute atomic E-state index is 0.147. The average molecular weight is 442 g/mol. The minimum Gasteiger partial charge on any atom is -0.490 e. The van der Waals surface area contributed by atoms with Crippen LogP contribution in [0.1, 0.15) is 44.2 Å². The fourth-order valence-electron chi connectivity index (χ4n) is 4.58. The Labute approximate surface area is 192 Å². The van der Waals surface area contributed by atoms with Gasteiger partial charge < -0.3 is 10.1 Å². The van der Waals surface area contributed by atoms with Gasteiger partial charge in [0.2, 0.25) is 0 Å². The molecule has 1 aliphatic carbocycles. The van der Waals surface area contributed by atoms with E-state index in [9.17, 15) is 0 Å². The molecule has 0 bridgehead atoms. The molecule has 0 amide bonds. The molecule has 3 heterocycles. The monoisotopic (exact) mass is 441 g/mol. The number of nitriles is 1. The second kappa shape index (κ2) is 8.94. The number of hydrogen-bond acceptors (Lipinski definition) is 6. The zero-order valence-electron chi connectivity index (χ0n) is 18.9. The van der Waals surface area contributed by atoms with Crippen molar-refractivity contribution in [2.24, 2.45) is 7.05 Å². The number of hydrogen-bond donors (Lipinski definition) is 1. The molecule has 0 spiro atoms. The summed E-state index contributed by atoms with van der Waals surface area (Å²) in [6.07, 6.45) is 9.74. The molecule has 0 atom stereocenters. The lowest BCUT2D eigenvalue weighted by Gasteiger charge is -2.29. The predicted octanol–water partition coefficient (Wildman–Crippen LogP) is 4.70. The van der Waals surface area contributed by atoms with Gasteiger partial charge in [-0.15, -0.1) is 0 Å². The van der Waals surface area contributed by atoms with Gasteiger partial charge in [0.15, 0.2) is 0 Å². The first-order valence-electron chi connectivity index (χ1n) is 11.4. The lowest BCUT2D eigenvalue weighted by molar-refractivity contribution is 0.131. The van der Waals surface area contributed by atoms with Crippen molar-refractivity contribution in [3.63, 3.8) is 0 Å². The van der Waals surface area contributed by atoms with Crippen LogP contribution >= 0.6 is 0 Å². The van der Waals surface area contributed by atoms with Crippen LogP contribution < -0.4 is 10.1 Å². The number of anilines is 1. The van der Waals surface area contributed by atoms with Crippen molar-refractivity contribution in [2.45, 2.75) is 44.8 Å². The van der Waals surface area contributed by atoms with Gasteiger partial charge in [0.1, 0.15) is 17.3 Å². The highest BCUT2D eigenvalue weighted by atomic mass is 16.5. The summed E-state index contributed by atoms with van der Waals surface area (Å²) in [6.45, 7) is 2.88. The summed E-state index contributed by atoms with van der Waals surface area (Å²) in [5.74, 6) is 1.63. The quantitative estimate of drug-likeness (QED) is 0.466. The first kappa shape index (κ1) is 21.0. The molecular formula is C25H27N7O. The Bertz CT molecular complexity index is 1310. The number of benzene rings is 1. The van der Waals surface area contributed by atoms with Crippen LogP contribution in [0, 0.1) is 11.3 Å². The van der Waals surface area contributed by atoms with E-state index in [-0.39, 0.29) is 6.10 Å². The van der Waals surface area contributed by atoms with E-state index in [4.69, 9.17) is 15.1 Å². The third-order valence-corrected chi connectivity index (χ3v) is 6.18. The SMILES string of the molecule is CCNc1cc2c(cn1)c(-c1cnn(C)c1)nn2C1CCC(Oc2cccc(C#N)c2)CC1. The van der Waals surface area contributed by atoms with Crippen molar-refractivity contribution in [2.75, 3.05) is 11.9 Å². The molecule has 0 saturated heterocycles. The number of rotatable bonds is 6. The van der Waals surface area contributed by atoms with Crippen molar-refractivity contribution in [1.29, 1.82) is 5.26 Å². The first-order chi connectivity index (χ1) is 16.1. The fraction of sp³-hybridized carbons (Fsp3) is 0.360. The van der Waals surface area contributed by atoms with Crippen LogP contribution in [0.4, 0.5) is 5.82 Å². The number of aryl methyl sites for hydroxylation is 1. The largest absolute Gasteiger partial charge is 0.490 e. The lowest BCUT2D eigenvalue weighted by Crippen LogP contribution is -2.26. The van der Waals surface area contributed by atoms with Gasteiger partial charge in [0.25, 0.3) is 0 Å². The average Bonchev–Trinajstić information content (AvgIpc) is 3.43. The normalized spacial score (nSPS) is 18.2. The van der Waals surface area contributed by atoms with Crippen molar-refractivity contribution < 1.29 is 4.74 Å². The van der Waals surface area contributed by atoms with Gasteiger partial charge in [0.05, 0.1) is 35.5 Å². The molecule has 1 fully saturated rings. The predicted molar refractivity (Wildman–Crippen MR) is 127 cm³/mol. The number of aromatic nitrogens is 5. The van der Waals surface area contributed by atoms with Gasteiger partial charge in [-0.25, -0.2) is 4.98 Å². The second-order valence-electron chi connectivity index (χ2n) is 8.50. The van der Waals surface area contributed by atoms with Gasteiger partial charge in [0, 0.05) is 43.0 Å². The first-order valence-corrected chi connectivity index (χ1v) is 11.4. The van der Waals surface area contributed by atoms with E-state index in [1.54, 1.807) is 10.7 Å². The summed E-state index contributed by atoms with van der Waals surface area (Å²) in [5, 5.41) is 22.9. The maximum atomic E-state index is 9.12. The molecular weight excluding hydrogens is 414 g/mol. The van der Waals surface area contributed by atoms with Crippen LogP contribution in [-0.2, 0) is 7.05 Å². The van der Waals surface area contributed by atoms with Crippen LogP contribution in [-0.4, -0.2) is 37.2 Å². The highest BCUT2D eigenvalue weighted by Gasteiger charge is 2.27. The summed E-state index contributed by atoms with van der Waals surface area (Å²) in [7, 11) is 1.91. The number of pyridine rings is 1. The van der Waals surface area contributed by atoms with Crippen LogP contribution in [0.2, 0.25) is 0 Å². The van der Waals surface area contributed by atoms with E-state index >= 15 is 0 Å². The van der Waals surface area contributed by atoms with Crippen molar-refractivity contribution in [3.05, 3.63) is 54.5 Å². The van der Waals surface area contributed by atoms with Gasteiger partial charge in [-0.1, -0.05) is 6.07 Å². The maximum Gasteiger partial charge on any atom is 0.128 e. The lowest BCUT2D eigenvalue weighted by atomic mass is 9.93. The van der Waals surface area contributed by atoms with Crippen LogP contribution in [0.3, 0.4) is 0 Å². The Hall–Kier alpha value is -3.86. The third-order valence-electron chi connectivity index (χ3n) is 6.18. The Kier molecular flexibility index (Phi) is 5.69. The second-order valence-corrected chi connectivity index (χ2v) is 8.50. The number of nitrogens with zero attached hydrogens (tertiary/aromatic N) is 6. The smallest absolute Gasteiger partial charge is 0.128 e. The molecule has 0 radical (unpaired) electrons. The summed E-state index contributed by atoms with van der Waals surface area (Å²) in [5.41, 5.74) is 3.62. The Morgan fingerprint density at radius 1 is 1.18 bits per heavy atom. The molecule has 33 heavy (non-hydrogen) atoms. The Balaban J connectivity index is 1.40. The summed E-state index contributed by atoms with van der Waals surface area (Å²) in [6, 6.07) is 12.0. The maximum absolute atomic E-state index is 9.12. The minimum atomic E-state index is 0.147. The summed E-state index contributed by atoms with van der Waals surface area (Å²) in [4.78, 5) is 4.59. The molecule has 5 rings (SSSR count). The zero-order chi connectivity index (χ0) is 22.8. The summed E-state index contributed by atoms with van der Waals surface area (Å²) < 4.78 is 10.2. The standard InChI is InChI=1S/C25H27N7O/c1-3-27-24-12-23-22(15-28-24)25(18-14-29-31(2)16-18)30-32(23)19-7-9-20(10-8-19)33-21-6-4-5-17(11-21)13-26/h4-6,11-12,14-16,19-20H,3,7-10H2,1-2H3,(H,27,28). The van der Waals surface area contributed by atoms with Crippen molar-refractivity contribution in [1.82, 2.24) is 24.5 Å². The zero-order valence-corrected chi connectivity index (χ0v) is 18.9. The van der Waals surface area contributed by atoms with Gasteiger partial charge in [-0.2, -0.15) is 15.5 Å². The van der Waals surface area contributed by atoms with E-state index in [1.807, 2.05) is 43.8 Å². The summed E-state index contributed by atoms with van der Waals surface area (Å²) >= 11 is 0. The van der Waals surface area contributed by atoms with Crippen LogP contribution in [0.25, 0.3) is 22.2 Å². The van der Waals surface area contributed by atoms with Crippen molar-refractivity contribution >= 4 is 16.7 Å². The molecule has 3 aromatic heterocycles. The van der Waals surface area contributed by atoms with Gasteiger partial charge in [-0.3, -0.25) is 9.36 Å². The Morgan fingerprint density at radius 3 is 2.76 bits per heavy atom. The molecule has 1 aromatic carbocycles. The molecule has 168 valence electrons. The molecule has 8 nitrogen and oxygen atoms in total. The fourth-order valence-corrected chi connectivity index (χ4v) is 4.58. The van der Waals surface area contributed by atoms with E-state index in [0.29, 0.717) is 11.6 Å². The molecule has 0 aliphatic heterocycles. The number of fused-ring (bicyclic) bond motifs is 1. The topological polar surface area (TPSA) is 93.6 Å². The van der Waals surface area contributed by atoms with E-state index in [0.717, 1.165) is 66.0 Å². The van der Waals surface area contributed by atoms with Crippen molar-refractivity contribution in [3.8, 4) is 23.1 Å². The van der Waals surface area contributed by atoms with E-state index in [2.05, 4.69) is 39.1 Å². The number of ether oxygens (including phenoxy) is 1. The number of nitrogens with one attached hydrogen (secondary N) is 1.